The van der Waals surface area contributed by atoms with Gasteiger partial charge in [0, 0.05) is 25.2 Å². The van der Waals surface area contributed by atoms with Crippen LogP contribution in [0.4, 0.5) is 0 Å². The molecule has 1 saturated carbocycles. The van der Waals surface area contributed by atoms with Crippen LogP contribution >= 0.6 is 0 Å². The lowest BCUT2D eigenvalue weighted by Gasteiger charge is -2.33. The third kappa shape index (κ3) is 2.52. The van der Waals surface area contributed by atoms with Crippen LogP contribution in [0.3, 0.4) is 0 Å². The third-order valence-corrected chi connectivity index (χ3v) is 3.69. The summed E-state index contributed by atoms with van der Waals surface area (Å²) >= 11 is 0. The van der Waals surface area contributed by atoms with Crippen LogP contribution in [0.5, 0.6) is 0 Å². The van der Waals surface area contributed by atoms with Crippen molar-refractivity contribution >= 4 is 11.8 Å². The highest BCUT2D eigenvalue weighted by Gasteiger charge is 2.44. The second kappa shape index (κ2) is 4.81. The van der Waals surface area contributed by atoms with Gasteiger partial charge in [-0.3, -0.25) is 9.59 Å². The molecule has 0 N–H and O–H groups in total. The summed E-state index contributed by atoms with van der Waals surface area (Å²) in [6.45, 7) is 9.81. The summed E-state index contributed by atoms with van der Waals surface area (Å²) in [7, 11) is 0. The van der Waals surface area contributed by atoms with Crippen molar-refractivity contribution in [3.8, 4) is 0 Å². The molecule has 16 heavy (non-hydrogen) atoms. The highest BCUT2D eigenvalue weighted by Crippen LogP contribution is 2.48. The van der Waals surface area contributed by atoms with Crippen LogP contribution in [0.1, 0.15) is 40.0 Å². The molecule has 0 aromatic carbocycles. The molecular formula is C13H20O3. The minimum atomic E-state index is -0.270. The summed E-state index contributed by atoms with van der Waals surface area (Å²) in [4.78, 5) is 22.2. The van der Waals surface area contributed by atoms with Crippen LogP contribution in [0.2, 0.25) is 0 Å². The Kier molecular flexibility index (Phi) is 3.89. The number of hydrogen-bond donors (Lipinski definition) is 0. The average molecular weight is 224 g/mol. The standard InChI is InChI=1S/C13H20O3/c1-9(2)13(5-6-16-11(4)14)8-12(15)7-10(13)3/h10H,1,5-8H2,2-4H3/t10-,13+/m1/s1. The fraction of sp³-hybridized carbons (Fsp3) is 0.692. The first-order valence-electron chi connectivity index (χ1n) is 5.69. The van der Waals surface area contributed by atoms with Gasteiger partial charge in [0.15, 0.2) is 0 Å². The second-order valence-corrected chi connectivity index (χ2v) is 4.85. The van der Waals surface area contributed by atoms with E-state index in [-0.39, 0.29) is 11.4 Å². The van der Waals surface area contributed by atoms with Crippen LogP contribution in [0, 0.1) is 11.3 Å². The van der Waals surface area contributed by atoms with E-state index in [1.165, 1.54) is 6.92 Å². The van der Waals surface area contributed by atoms with Crippen LogP contribution in [0.15, 0.2) is 12.2 Å². The quantitative estimate of drug-likeness (QED) is 0.544. The normalized spacial score (nSPS) is 29.2. The minimum Gasteiger partial charge on any atom is -0.466 e. The molecule has 1 aliphatic carbocycles. The lowest BCUT2D eigenvalue weighted by atomic mass is 9.71. The molecule has 0 aromatic heterocycles. The molecule has 1 fully saturated rings. The Hall–Kier alpha value is -1.12. The average Bonchev–Trinajstić information content (AvgIpc) is 2.41. The van der Waals surface area contributed by atoms with Crippen LogP contribution in [-0.4, -0.2) is 18.4 Å². The molecule has 0 aliphatic heterocycles. The van der Waals surface area contributed by atoms with E-state index in [0.717, 1.165) is 5.57 Å². The Morgan fingerprint density at radius 2 is 2.19 bits per heavy atom. The molecule has 0 unspecified atom stereocenters. The SMILES string of the molecule is C=C(C)[C@]1(CCOC(C)=O)CC(=O)C[C@H]1C. The van der Waals surface area contributed by atoms with Crippen molar-refractivity contribution < 1.29 is 14.3 Å². The molecule has 0 radical (unpaired) electrons. The van der Waals surface area contributed by atoms with E-state index in [0.29, 0.717) is 37.6 Å². The van der Waals surface area contributed by atoms with Crippen LogP contribution in [-0.2, 0) is 14.3 Å². The Bertz CT molecular complexity index is 319. The zero-order chi connectivity index (χ0) is 12.3. The molecule has 3 heteroatoms. The van der Waals surface area contributed by atoms with Gasteiger partial charge in [-0.1, -0.05) is 19.1 Å². The molecule has 0 amide bonds. The summed E-state index contributed by atoms with van der Waals surface area (Å²) in [6, 6.07) is 0. The predicted molar refractivity (Wildman–Crippen MR) is 61.9 cm³/mol. The molecule has 0 aromatic rings. The van der Waals surface area contributed by atoms with Crippen molar-refractivity contribution in [2.24, 2.45) is 11.3 Å². The fourth-order valence-corrected chi connectivity index (χ4v) is 2.63. The van der Waals surface area contributed by atoms with Crippen molar-refractivity contribution in [2.75, 3.05) is 6.61 Å². The number of esters is 1. The summed E-state index contributed by atoms with van der Waals surface area (Å²) in [5.41, 5.74) is 0.866. The first-order chi connectivity index (χ1) is 7.38. The van der Waals surface area contributed by atoms with Crippen molar-refractivity contribution in [1.29, 1.82) is 0 Å². The minimum absolute atomic E-state index is 0.160. The Labute approximate surface area is 96.9 Å². The fourth-order valence-electron chi connectivity index (χ4n) is 2.63. The van der Waals surface area contributed by atoms with E-state index in [4.69, 9.17) is 4.74 Å². The van der Waals surface area contributed by atoms with Crippen molar-refractivity contribution in [2.45, 2.75) is 40.0 Å². The van der Waals surface area contributed by atoms with Crippen molar-refractivity contribution in [1.82, 2.24) is 0 Å². The molecule has 1 rings (SSSR count). The van der Waals surface area contributed by atoms with Crippen LogP contribution in [0.25, 0.3) is 0 Å². The second-order valence-electron chi connectivity index (χ2n) is 4.85. The molecule has 90 valence electrons. The lowest BCUT2D eigenvalue weighted by Crippen LogP contribution is -2.27. The summed E-state index contributed by atoms with van der Waals surface area (Å²) < 4.78 is 4.97. The predicted octanol–water partition coefficient (Wildman–Crippen LogP) is 2.50. The van der Waals surface area contributed by atoms with Crippen molar-refractivity contribution in [3.05, 3.63) is 12.2 Å². The smallest absolute Gasteiger partial charge is 0.302 e. The maximum absolute atomic E-state index is 11.5. The summed E-state index contributed by atoms with van der Waals surface area (Å²) in [5.74, 6) is 0.320. The number of ether oxygens (including phenoxy) is 1. The highest BCUT2D eigenvalue weighted by molar-refractivity contribution is 5.82. The maximum atomic E-state index is 11.5. The molecule has 0 heterocycles. The highest BCUT2D eigenvalue weighted by atomic mass is 16.5. The number of hydrogen-bond acceptors (Lipinski definition) is 3. The van der Waals surface area contributed by atoms with Gasteiger partial charge in [0.05, 0.1) is 6.61 Å². The van der Waals surface area contributed by atoms with Gasteiger partial charge in [0.25, 0.3) is 0 Å². The largest absolute Gasteiger partial charge is 0.466 e. The van der Waals surface area contributed by atoms with Gasteiger partial charge in [0.2, 0.25) is 0 Å². The number of ketones is 1. The van der Waals surface area contributed by atoms with Gasteiger partial charge < -0.3 is 4.74 Å². The van der Waals surface area contributed by atoms with Crippen LogP contribution < -0.4 is 0 Å². The van der Waals surface area contributed by atoms with Gasteiger partial charge in [-0.15, -0.1) is 0 Å². The zero-order valence-electron chi connectivity index (χ0n) is 10.3. The summed E-state index contributed by atoms with van der Waals surface area (Å²) in [6.07, 6.45) is 1.87. The van der Waals surface area contributed by atoms with E-state index < -0.39 is 0 Å². The lowest BCUT2D eigenvalue weighted by molar-refractivity contribution is -0.141. The number of Topliss-reactive ketones (excluding diaryl/α,β-unsaturated/α-hetero) is 1. The molecule has 1 aliphatic rings. The molecule has 3 nitrogen and oxygen atoms in total. The van der Waals surface area contributed by atoms with E-state index >= 15 is 0 Å². The molecule has 0 saturated heterocycles. The van der Waals surface area contributed by atoms with Gasteiger partial charge in [-0.25, -0.2) is 0 Å². The molecule has 0 spiro atoms. The van der Waals surface area contributed by atoms with E-state index in [9.17, 15) is 9.59 Å². The van der Waals surface area contributed by atoms with Gasteiger partial charge in [-0.2, -0.15) is 0 Å². The van der Waals surface area contributed by atoms with Gasteiger partial charge in [-0.05, 0) is 19.3 Å². The van der Waals surface area contributed by atoms with Gasteiger partial charge in [0.1, 0.15) is 5.78 Å². The number of carbonyl (C=O) groups is 2. The van der Waals surface area contributed by atoms with E-state index in [1.807, 2.05) is 6.92 Å². The Morgan fingerprint density at radius 3 is 2.56 bits per heavy atom. The third-order valence-electron chi connectivity index (χ3n) is 3.69. The first-order valence-corrected chi connectivity index (χ1v) is 5.69. The molecular weight excluding hydrogens is 204 g/mol. The maximum Gasteiger partial charge on any atom is 0.302 e. The first kappa shape index (κ1) is 12.9. The monoisotopic (exact) mass is 224 g/mol. The van der Waals surface area contributed by atoms with E-state index in [1.54, 1.807) is 0 Å². The topological polar surface area (TPSA) is 43.4 Å². The van der Waals surface area contributed by atoms with Gasteiger partial charge >= 0.3 is 5.97 Å². The van der Waals surface area contributed by atoms with E-state index in [2.05, 4.69) is 13.5 Å². The number of allylic oxidation sites excluding steroid dienone is 1. The summed E-state index contributed by atoms with van der Waals surface area (Å²) in [5, 5.41) is 0. The van der Waals surface area contributed by atoms with Crippen molar-refractivity contribution in [3.63, 3.8) is 0 Å². The molecule has 2 atom stereocenters. The number of carbonyl (C=O) groups excluding carboxylic acids is 2. The molecule has 0 bridgehead atoms. The Morgan fingerprint density at radius 1 is 1.56 bits per heavy atom. The number of rotatable bonds is 4. The Balaban J connectivity index is 2.70. The zero-order valence-corrected chi connectivity index (χ0v) is 10.3.